The summed E-state index contributed by atoms with van der Waals surface area (Å²) < 4.78 is 8.72. The number of hydrogen-bond acceptors (Lipinski definition) is 5. The number of carbonyl (C=O) groups is 1. The van der Waals surface area contributed by atoms with Gasteiger partial charge in [0.25, 0.3) is 0 Å². The number of carbonyl (C=O) groups excluding carboxylic acids is 1. The maximum atomic E-state index is 10.1. The van der Waals surface area contributed by atoms with Crippen LogP contribution in [0.1, 0.15) is 0 Å². The van der Waals surface area contributed by atoms with Gasteiger partial charge in [-0.15, -0.1) is 12.6 Å². The molecule has 46 valence electrons. The van der Waals surface area contributed by atoms with E-state index in [9.17, 15) is 4.79 Å². The van der Waals surface area contributed by atoms with E-state index in [1.54, 1.807) is 0 Å². The molecule has 0 aromatic carbocycles. The molecular weight excluding hydrogens is 171 g/mol. The summed E-state index contributed by atoms with van der Waals surface area (Å²) in [5.74, 6) is 0. The molecule has 1 aliphatic rings. The molecule has 0 spiro atoms. The molecular formula is C3H3NaO3S2. The standard InChI is InChI=1S/C3H4O3S2.Na/c4-3-5-1(7)2(8)6-3;/h1-2,7-8H;/q;+1/p-1. The van der Waals surface area contributed by atoms with E-state index >= 15 is 0 Å². The molecule has 1 heterocycles. The summed E-state index contributed by atoms with van der Waals surface area (Å²) in [6, 6.07) is 0. The van der Waals surface area contributed by atoms with E-state index in [4.69, 9.17) is 0 Å². The summed E-state index contributed by atoms with van der Waals surface area (Å²) in [6.07, 6.45) is -0.731. The zero-order valence-corrected chi connectivity index (χ0v) is 8.45. The molecule has 9 heavy (non-hydrogen) atoms. The molecule has 1 aliphatic heterocycles. The van der Waals surface area contributed by atoms with Crippen LogP contribution in [0.5, 0.6) is 0 Å². The molecule has 0 amide bonds. The summed E-state index contributed by atoms with van der Waals surface area (Å²) in [5, 5.41) is 0. The number of hydrogen-bond donors (Lipinski definition) is 1. The van der Waals surface area contributed by atoms with Crippen LogP contribution in [-0.2, 0) is 22.1 Å². The first-order valence-electron chi connectivity index (χ1n) is 1.91. The maximum Gasteiger partial charge on any atom is 1.00 e. The molecule has 0 aromatic heterocycles. The second-order valence-electron chi connectivity index (χ2n) is 1.24. The van der Waals surface area contributed by atoms with Crippen LogP contribution in [0, 0.1) is 0 Å². The summed E-state index contributed by atoms with van der Waals surface area (Å²) in [6.45, 7) is 0. The molecule has 1 saturated heterocycles. The maximum absolute atomic E-state index is 10.1. The number of thiol groups is 1. The average molecular weight is 174 g/mol. The monoisotopic (exact) mass is 174 g/mol. The van der Waals surface area contributed by atoms with Crippen LogP contribution < -0.4 is 29.6 Å². The number of ether oxygens (including phenoxy) is 2. The molecule has 6 heteroatoms. The molecule has 2 unspecified atom stereocenters. The van der Waals surface area contributed by atoms with Gasteiger partial charge in [-0.2, -0.15) is 0 Å². The van der Waals surface area contributed by atoms with Crippen molar-refractivity contribution in [3.05, 3.63) is 0 Å². The normalized spacial score (nSPS) is 32.4. The topological polar surface area (TPSA) is 35.5 Å². The van der Waals surface area contributed by atoms with Crippen molar-refractivity contribution in [2.75, 3.05) is 0 Å². The first-order chi connectivity index (χ1) is 3.70. The van der Waals surface area contributed by atoms with Crippen LogP contribution in [0.2, 0.25) is 0 Å². The van der Waals surface area contributed by atoms with Gasteiger partial charge in [0.1, 0.15) is 0 Å². The zero-order valence-electron chi connectivity index (χ0n) is 4.73. The fourth-order valence-corrected chi connectivity index (χ4v) is 0.616. The minimum absolute atomic E-state index is 0. The van der Waals surface area contributed by atoms with E-state index in [1.165, 1.54) is 0 Å². The van der Waals surface area contributed by atoms with Crippen molar-refractivity contribution >= 4 is 31.4 Å². The molecule has 1 fully saturated rings. The van der Waals surface area contributed by atoms with Crippen LogP contribution in [0.25, 0.3) is 0 Å². The van der Waals surface area contributed by atoms with Gasteiger partial charge >= 0.3 is 35.7 Å². The molecule has 0 N–H and O–H groups in total. The first-order valence-corrected chi connectivity index (χ1v) is 2.90. The molecule has 0 radical (unpaired) electrons. The van der Waals surface area contributed by atoms with Gasteiger partial charge in [-0.1, -0.05) is 0 Å². The molecule has 0 aliphatic carbocycles. The largest absolute Gasteiger partial charge is 1.00 e. The SMILES string of the molecule is O=C1OC([S-])C(S)O1.[Na+]. The van der Waals surface area contributed by atoms with Crippen molar-refractivity contribution in [1.82, 2.24) is 0 Å². The summed E-state index contributed by atoms with van der Waals surface area (Å²) in [7, 11) is 0. The second kappa shape index (κ2) is 3.98. The van der Waals surface area contributed by atoms with Crippen LogP contribution in [-0.4, -0.2) is 17.0 Å². The van der Waals surface area contributed by atoms with E-state index in [0.717, 1.165) is 0 Å². The Morgan fingerprint density at radius 2 is 2.11 bits per heavy atom. The zero-order chi connectivity index (χ0) is 6.15. The third-order valence-corrected chi connectivity index (χ3v) is 1.58. The van der Waals surface area contributed by atoms with Gasteiger partial charge in [0.15, 0.2) is 5.44 Å². The van der Waals surface area contributed by atoms with Crippen molar-refractivity contribution in [1.29, 1.82) is 0 Å². The van der Waals surface area contributed by atoms with Crippen molar-refractivity contribution in [2.45, 2.75) is 10.9 Å². The van der Waals surface area contributed by atoms with Crippen LogP contribution >= 0.6 is 12.6 Å². The predicted octanol–water partition coefficient (Wildman–Crippen LogP) is -2.71. The minimum atomic E-state index is -0.731. The van der Waals surface area contributed by atoms with Gasteiger partial charge in [0.05, 0.1) is 0 Å². The Kier molecular flexibility index (Phi) is 4.41. The van der Waals surface area contributed by atoms with Gasteiger partial charge in [0.2, 0.25) is 0 Å². The Labute approximate surface area is 85.6 Å². The van der Waals surface area contributed by atoms with Crippen LogP contribution in [0.4, 0.5) is 4.79 Å². The van der Waals surface area contributed by atoms with Crippen molar-refractivity contribution in [3.8, 4) is 0 Å². The van der Waals surface area contributed by atoms with Gasteiger partial charge in [0, 0.05) is 5.44 Å². The predicted molar refractivity (Wildman–Crippen MR) is 31.5 cm³/mol. The van der Waals surface area contributed by atoms with Crippen molar-refractivity contribution < 1.29 is 43.8 Å². The Morgan fingerprint density at radius 1 is 1.56 bits per heavy atom. The van der Waals surface area contributed by atoms with Crippen LogP contribution in [0.15, 0.2) is 0 Å². The van der Waals surface area contributed by atoms with E-state index in [-0.39, 0.29) is 29.6 Å². The Hall–Kier alpha value is 0.970. The smallest absolute Gasteiger partial charge is 0.743 e. The summed E-state index contributed by atoms with van der Waals surface area (Å²) >= 11 is 8.33. The Bertz CT molecular complexity index is 108. The van der Waals surface area contributed by atoms with Gasteiger partial charge in [-0.05, 0) is 0 Å². The third-order valence-electron chi connectivity index (χ3n) is 0.662. The molecule has 0 aromatic rings. The molecule has 2 atom stereocenters. The fraction of sp³-hybridized carbons (Fsp3) is 0.667. The molecule has 3 nitrogen and oxygen atoms in total. The van der Waals surface area contributed by atoms with Gasteiger partial charge in [-0.25, -0.2) is 4.79 Å². The van der Waals surface area contributed by atoms with E-state index in [0.29, 0.717) is 0 Å². The number of cyclic esters (lactones) is 2. The van der Waals surface area contributed by atoms with E-state index in [1.807, 2.05) is 0 Å². The average Bonchev–Trinajstić information content (AvgIpc) is 1.85. The summed E-state index contributed by atoms with van der Waals surface area (Å²) in [4.78, 5) is 10.1. The second-order valence-corrected chi connectivity index (χ2v) is 2.22. The van der Waals surface area contributed by atoms with E-state index in [2.05, 4.69) is 34.7 Å². The molecule has 1 rings (SSSR count). The first kappa shape index (κ1) is 9.97. The molecule has 0 saturated carbocycles. The van der Waals surface area contributed by atoms with E-state index < -0.39 is 17.0 Å². The van der Waals surface area contributed by atoms with Crippen molar-refractivity contribution in [2.24, 2.45) is 0 Å². The quantitative estimate of drug-likeness (QED) is 0.187. The minimum Gasteiger partial charge on any atom is -0.743 e. The van der Waals surface area contributed by atoms with Crippen molar-refractivity contribution in [3.63, 3.8) is 0 Å². The fourth-order valence-electron chi connectivity index (χ4n) is 0.335. The number of rotatable bonds is 0. The van der Waals surface area contributed by atoms with Gasteiger partial charge < -0.3 is 22.1 Å². The Balaban J connectivity index is 0.000000640. The Morgan fingerprint density at radius 3 is 2.22 bits per heavy atom. The van der Waals surface area contributed by atoms with Gasteiger partial charge in [-0.3, -0.25) is 0 Å². The summed E-state index contributed by atoms with van der Waals surface area (Å²) in [5.41, 5.74) is -1.21. The molecule has 0 bridgehead atoms. The van der Waals surface area contributed by atoms with Crippen LogP contribution in [0.3, 0.4) is 0 Å². The third kappa shape index (κ3) is 2.59.